The zero-order chi connectivity index (χ0) is 19.4. The quantitative estimate of drug-likeness (QED) is 0.682. The lowest BCUT2D eigenvalue weighted by Gasteiger charge is -2.19. The number of amides is 1. The number of hydrogen-bond acceptors (Lipinski definition) is 5. The Morgan fingerprint density at radius 3 is 2.74 bits per heavy atom. The lowest BCUT2D eigenvalue weighted by Crippen LogP contribution is -2.37. The van der Waals surface area contributed by atoms with Crippen LogP contribution in [0.2, 0.25) is 4.34 Å². The first-order valence-electron chi connectivity index (χ1n) is 8.86. The Kier molecular flexibility index (Phi) is 6.28. The third-order valence-corrected chi connectivity index (χ3v) is 5.86. The van der Waals surface area contributed by atoms with Gasteiger partial charge >= 0.3 is 5.69 Å². The number of carbonyl (C=O) groups excluding carboxylic acids is 2. The van der Waals surface area contributed by atoms with E-state index < -0.39 is 5.69 Å². The highest BCUT2D eigenvalue weighted by atomic mass is 35.5. The molecule has 0 radical (unpaired) electrons. The van der Waals surface area contributed by atoms with Crippen LogP contribution in [-0.2, 0) is 24.2 Å². The minimum Gasteiger partial charge on any atom is -0.349 e. The number of nitrogens with zero attached hydrogens (tertiary/aromatic N) is 1. The molecule has 2 N–H and O–H groups in total. The van der Waals surface area contributed by atoms with E-state index in [1.807, 2.05) is 0 Å². The van der Waals surface area contributed by atoms with E-state index in [0.717, 1.165) is 18.5 Å². The summed E-state index contributed by atoms with van der Waals surface area (Å²) >= 11 is 6.97. The molecule has 0 aromatic carbocycles. The molecule has 1 aliphatic rings. The maximum absolute atomic E-state index is 12.1. The maximum atomic E-state index is 12.1. The van der Waals surface area contributed by atoms with Crippen LogP contribution in [0.1, 0.15) is 46.6 Å². The highest BCUT2D eigenvalue weighted by Crippen LogP contribution is 2.21. The van der Waals surface area contributed by atoms with Gasteiger partial charge in [0, 0.05) is 24.2 Å². The average Bonchev–Trinajstić information content (AvgIpc) is 3.09. The Balaban J connectivity index is 1.53. The monoisotopic (exact) mass is 409 g/mol. The van der Waals surface area contributed by atoms with E-state index in [0.29, 0.717) is 40.6 Å². The second-order valence-corrected chi connectivity index (χ2v) is 8.17. The fourth-order valence-electron chi connectivity index (χ4n) is 3.25. The number of rotatable bonds is 7. The normalized spacial score (nSPS) is 13.2. The van der Waals surface area contributed by atoms with Gasteiger partial charge in [-0.25, -0.2) is 4.79 Å². The first-order valence-corrected chi connectivity index (χ1v) is 10.1. The molecule has 2 aromatic heterocycles. The number of aromatic nitrogens is 2. The first-order chi connectivity index (χ1) is 13.0. The summed E-state index contributed by atoms with van der Waals surface area (Å²) in [5.41, 5.74) is 0.757. The van der Waals surface area contributed by atoms with Crippen LogP contribution in [0.4, 0.5) is 0 Å². The number of H-pyrrole nitrogens is 1. The summed E-state index contributed by atoms with van der Waals surface area (Å²) < 4.78 is 2.10. The Morgan fingerprint density at radius 1 is 1.22 bits per heavy atom. The largest absolute Gasteiger partial charge is 0.349 e. The van der Waals surface area contributed by atoms with Gasteiger partial charge in [-0.2, -0.15) is 0 Å². The van der Waals surface area contributed by atoms with Gasteiger partial charge < -0.3 is 5.32 Å². The summed E-state index contributed by atoms with van der Waals surface area (Å²) in [6, 6.07) is 3.27. The number of aromatic amines is 1. The van der Waals surface area contributed by atoms with Gasteiger partial charge in [-0.15, -0.1) is 11.3 Å². The summed E-state index contributed by atoms with van der Waals surface area (Å²) in [7, 11) is 0. The van der Waals surface area contributed by atoms with Gasteiger partial charge in [-0.3, -0.25) is 23.9 Å². The number of nitrogens with one attached hydrogen (secondary N) is 2. The zero-order valence-electron chi connectivity index (χ0n) is 14.7. The summed E-state index contributed by atoms with van der Waals surface area (Å²) in [5, 5.41) is 2.59. The van der Waals surface area contributed by atoms with Crippen molar-refractivity contribution in [3.63, 3.8) is 0 Å². The maximum Gasteiger partial charge on any atom is 0.328 e. The van der Waals surface area contributed by atoms with Crippen LogP contribution >= 0.6 is 22.9 Å². The smallest absolute Gasteiger partial charge is 0.328 e. The molecule has 0 aliphatic heterocycles. The Hall–Kier alpha value is -2.19. The third-order valence-electron chi connectivity index (χ3n) is 4.58. The highest BCUT2D eigenvalue weighted by molar-refractivity contribution is 7.18. The zero-order valence-corrected chi connectivity index (χ0v) is 16.3. The Bertz CT molecular complexity index is 976. The predicted molar refractivity (Wildman–Crippen MR) is 104 cm³/mol. The summed E-state index contributed by atoms with van der Waals surface area (Å²) in [6.45, 7) is 0.281. The van der Waals surface area contributed by atoms with E-state index in [2.05, 4.69) is 10.3 Å². The van der Waals surface area contributed by atoms with Gasteiger partial charge in [-0.1, -0.05) is 11.6 Å². The number of ketones is 1. The molecule has 0 saturated heterocycles. The van der Waals surface area contributed by atoms with Crippen molar-refractivity contribution in [2.75, 3.05) is 6.54 Å². The molecule has 7 nitrogen and oxygen atoms in total. The molecule has 1 amide bonds. The van der Waals surface area contributed by atoms with Crippen LogP contribution in [-0.4, -0.2) is 27.8 Å². The molecule has 3 rings (SSSR count). The van der Waals surface area contributed by atoms with E-state index in [9.17, 15) is 19.2 Å². The van der Waals surface area contributed by atoms with Crippen LogP contribution in [0.5, 0.6) is 0 Å². The lowest BCUT2D eigenvalue weighted by molar-refractivity contribution is -0.121. The minimum atomic E-state index is -0.425. The lowest BCUT2D eigenvalue weighted by atomic mass is 9.97. The molecule has 2 aromatic rings. The van der Waals surface area contributed by atoms with E-state index in [-0.39, 0.29) is 30.2 Å². The highest BCUT2D eigenvalue weighted by Gasteiger charge is 2.18. The summed E-state index contributed by atoms with van der Waals surface area (Å²) in [6.07, 6.45) is 3.92. The third kappa shape index (κ3) is 4.75. The van der Waals surface area contributed by atoms with Crippen molar-refractivity contribution in [2.24, 2.45) is 0 Å². The SMILES string of the molecule is O=C(CCCn1c2c(c(=O)[nH]c1=O)CCCC2)NCC(=O)c1ccc(Cl)s1. The van der Waals surface area contributed by atoms with Crippen LogP contribution in [0.25, 0.3) is 0 Å². The predicted octanol–water partition coefficient (Wildman–Crippen LogP) is 1.91. The number of halogens is 1. The Labute approximate surface area is 164 Å². The molecule has 0 atom stereocenters. The van der Waals surface area contributed by atoms with Crippen LogP contribution in [0.15, 0.2) is 21.7 Å². The molecule has 0 fully saturated rings. The molecule has 144 valence electrons. The molecule has 0 saturated carbocycles. The summed E-state index contributed by atoms with van der Waals surface area (Å²) in [5.74, 6) is -0.441. The van der Waals surface area contributed by atoms with Gasteiger partial charge in [0.1, 0.15) is 0 Å². The van der Waals surface area contributed by atoms with Crippen molar-refractivity contribution >= 4 is 34.6 Å². The molecular formula is C18H20ClN3O4S. The Morgan fingerprint density at radius 2 is 2.00 bits per heavy atom. The molecule has 9 heteroatoms. The van der Waals surface area contributed by atoms with Crippen molar-refractivity contribution in [1.82, 2.24) is 14.9 Å². The van der Waals surface area contributed by atoms with E-state index in [1.54, 1.807) is 16.7 Å². The average molecular weight is 410 g/mol. The van der Waals surface area contributed by atoms with Crippen molar-refractivity contribution in [3.8, 4) is 0 Å². The fraction of sp³-hybridized carbons (Fsp3) is 0.444. The fourth-order valence-corrected chi connectivity index (χ4v) is 4.23. The summed E-state index contributed by atoms with van der Waals surface area (Å²) in [4.78, 5) is 50.8. The van der Waals surface area contributed by atoms with Crippen molar-refractivity contribution in [1.29, 1.82) is 0 Å². The number of carbonyl (C=O) groups is 2. The minimum absolute atomic E-state index is 0.0797. The second-order valence-electron chi connectivity index (χ2n) is 6.45. The molecule has 0 unspecified atom stereocenters. The van der Waals surface area contributed by atoms with E-state index in [4.69, 9.17) is 11.6 Å². The van der Waals surface area contributed by atoms with Gasteiger partial charge in [0.05, 0.1) is 15.8 Å². The van der Waals surface area contributed by atoms with Crippen LogP contribution in [0, 0.1) is 0 Å². The molecular weight excluding hydrogens is 390 g/mol. The number of thiophene rings is 1. The van der Waals surface area contributed by atoms with Crippen LogP contribution in [0.3, 0.4) is 0 Å². The van der Waals surface area contributed by atoms with Gasteiger partial charge in [0.15, 0.2) is 5.78 Å². The first kappa shape index (κ1) is 19.6. The number of hydrogen-bond donors (Lipinski definition) is 2. The van der Waals surface area contributed by atoms with Crippen molar-refractivity contribution < 1.29 is 9.59 Å². The van der Waals surface area contributed by atoms with Crippen molar-refractivity contribution in [2.45, 2.75) is 45.1 Å². The number of fused-ring (bicyclic) bond motifs is 1. The molecule has 1 aliphatic carbocycles. The van der Waals surface area contributed by atoms with Crippen molar-refractivity contribution in [3.05, 3.63) is 53.4 Å². The van der Waals surface area contributed by atoms with Crippen LogP contribution < -0.4 is 16.6 Å². The molecule has 2 heterocycles. The second kappa shape index (κ2) is 8.67. The molecule has 0 bridgehead atoms. The van der Waals surface area contributed by atoms with E-state index in [1.165, 1.54) is 11.3 Å². The van der Waals surface area contributed by atoms with Gasteiger partial charge in [-0.05, 0) is 44.2 Å². The van der Waals surface area contributed by atoms with Gasteiger partial charge in [0.25, 0.3) is 5.56 Å². The molecule has 0 spiro atoms. The molecule has 27 heavy (non-hydrogen) atoms. The standard InChI is InChI=1S/C18H20ClN3O4S/c19-15-8-7-14(27-15)13(23)10-20-16(24)6-3-9-22-12-5-2-1-4-11(12)17(25)21-18(22)26/h7-8H,1-6,9-10H2,(H,20,24)(H,21,25,26). The number of Topliss-reactive ketones (excluding diaryl/α,β-unsaturated/α-hetero) is 1. The van der Waals surface area contributed by atoms with E-state index >= 15 is 0 Å². The van der Waals surface area contributed by atoms with Gasteiger partial charge in [0.2, 0.25) is 5.91 Å². The topological polar surface area (TPSA) is 101 Å².